The molecule has 0 aliphatic carbocycles. The van der Waals surface area contributed by atoms with Crippen LogP contribution in [-0.4, -0.2) is 31.6 Å². The molecule has 0 radical (unpaired) electrons. The SMILES string of the molecule is c1ccc(N(c2cccnc2)c2nc3c4c(n2)N(c2cccnc2)c2ccccc2B4c2ccccc2N3c2cccnc2)cc1. The first-order valence-electron chi connectivity index (χ1n) is 15.1. The summed E-state index contributed by atoms with van der Waals surface area (Å²) in [6.45, 7) is -0.0872. The highest BCUT2D eigenvalue weighted by atomic mass is 15.3. The highest BCUT2D eigenvalue weighted by Crippen LogP contribution is 2.44. The van der Waals surface area contributed by atoms with E-state index >= 15 is 0 Å². The minimum atomic E-state index is -0.0872. The second kappa shape index (κ2) is 10.7. The van der Waals surface area contributed by atoms with Crippen molar-refractivity contribution in [2.45, 2.75) is 0 Å². The van der Waals surface area contributed by atoms with E-state index in [4.69, 9.17) is 9.97 Å². The van der Waals surface area contributed by atoms with Gasteiger partial charge >= 0.3 is 0 Å². The van der Waals surface area contributed by atoms with Gasteiger partial charge in [0.1, 0.15) is 11.6 Å². The van der Waals surface area contributed by atoms with Gasteiger partial charge in [-0.2, -0.15) is 9.97 Å². The lowest BCUT2D eigenvalue weighted by atomic mass is 9.34. The molecule has 0 bridgehead atoms. The Morgan fingerprint density at radius 2 is 0.978 bits per heavy atom. The zero-order valence-electron chi connectivity index (χ0n) is 24.6. The number of aromatic nitrogens is 5. The van der Waals surface area contributed by atoms with Gasteiger partial charge in [0, 0.05) is 41.1 Å². The number of hydrogen-bond acceptors (Lipinski definition) is 8. The number of benzene rings is 3. The third-order valence-electron chi connectivity index (χ3n) is 8.51. The minimum Gasteiger partial charge on any atom is -0.294 e. The van der Waals surface area contributed by atoms with Crippen LogP contribution in [0.3, 0.4) is 0 Å². The van der Waals surface area contributed by atoms with Crippen molar-refractivity contribution in [3.05, 3.63) is 152 Å². The number of rotatable bonds is 5. The van der Waals surface area contributed by atoms with E-state index in [2.05, 4.69) is 102 Å². The Hall–Kier alpha value is -6.35. The highest BCUT2D eigenvalue weighted by molar-refractivity contribution is 7.00. The van der Waals surface area contributed by atoms with Gasteiger partial charge in [-0.1, -0.05) is 54.6 Å². The Morgan fingerprint density at radius 1 is 0.478 bits per heavy atom. The van der Waals surface area contributed by atoms with E-state index in [-0.39, 0.29) is 6.71 Å². The molecule has 4 aromatic heterocycles. The molecule has 9 rings (SSSR count). The van der Waals surface area contributed by atoms with Gasteiger partial charge in [0.05, 0.1) is 35.7 Å². The summed E-state index contributed by atoms with van der Waals surface area (Å²) in [5.74, 6) is 2.11. The molecule has 9 heteroatoms. The average Bonchev–Trinajstić information content (AvgIpc) is 3.13. The first-order chi connectivity index (χ1) is 22.9. The van der Waals surface area contributed by atoms with E-state index < -0.39 is 0 Å². The Labute approximate surface area is 266 Å². The van der Waals surface area contributed by atoms with Crippen LogP contribution in [0.5, 0.6) is 0 Å². The van der Waals surface area contributed by atoms with Crippen molar-refractivity contribution >= 4 is 74.8 Å². The Kier molecular flexibility index (Phi) is 6.05. The largest absolute Gasteiger partial charge is 0.294 e. The summed E-state index contributed by atoms with van der Waals surface area (Å²) in [5.41, 5.74) is 9.11. The zero-order chi connectivity index (χ0) is 30.5. The second-order valence-electron chi connectivity index (χ2n) is 11.1. The average molecular weight is 592 g/mol. The predicted molar refractivity (Wildman–Crippen MR) is 184 cm³/mol. The lowest BCUT2D eigenvalue weighted by Crippen LogP contribution is -2.62. The monoisotopic (exact) mass is 592 g/mol. The van der Waals surface area contributed by atoms with Crippen molar-refractivity contribution in [1.82, 2.24) is 24.9 Å². The van der Waals surface area contributed by atoms with Gasteiger partial charge in [0.15, 0.2) is 0 Å². The van der Waals surface area contributed by atoms with E-state index in [1.165, 1.54) is 10.9 Å². The van der Waals surface area contributed by atoms with Gasteiger partial charge < -0.3 is 0 Å². The topological polar surface area (TPSA) is 74.2 Å². The third kappa shape index (κ3) is 4.06. The van der Waals surface area contributed by atoms with Crippen LogP contribution in [0.15, 0.2) is 152 Å². The van der Waals surface area contributed by atoms with Crippen LogP contribution < -0.4 is 31.1 Å². The quantitative estimate of drug-likeness (QED) is 0.219. The molecule has 216 valence electrons. The van der Waals surface area contributed by atoms with Crippen LogP contribution in [0, 0.1) is 0 Å². The van der Waals surface area contributed by atoms with Gasteiger partial charge in [-0.15, -0.1) is 0 Å². The molecule has 0 spiro atoms. The third-order valence-corrected chi connectivity index (χ3v) is 8.51. The standard InChI is InChI=1S/C37H25BN8/c1-2-11-26(12-3-1)44(27-13-8-20-39-23-27)37-42-35-34-36(43-37)46(29-15-10-22-41-25-29)33-19-7-5-17-31(33)38(34)30-16-4-6-18-32(30)45(35)28-14-9-21-40-24-28/h1-25H. The van der Waals surface area contributed by atoms with Crippen molar-refractivity contribution in [3.63, 3.8) is 0 Å². The van der Waals surface area contributed by atoms with Crippen LogP contribution in [0.25, 0.3) is 0 Å². The molecule has 0 fully saturated rings. The minimum absolute atomic E-state index is 0.0872. The number of fused-ring (bicyclic) bond motifs is 4. The molecule has 0 atom stereocenters. The first-order valence-corrected chi connectivity index (χ1v) is 15.1. The molecule has 8 nitrogen and oxygen atoms in total. The Balaban J connectivity index is 1.41. The molecule has 0 saturated carbocycles. The fourth-order valence-electron chi connectivity index (χ4n) is 6.65. The number of pyridine rings is 3. The number of para-hydroxylation sites is 3. The normalized spacial score (nSPS) is 12.7. The molecule has 6 heterocycles. The molecular formula is C37H25BN8. The predicted octanol–water partition coefficient (Wildman–Crippen LogP) is 6.21. The summed E-state index contributed by atoms with van der Waals surface area (Å²) in [4.78, 5) is 30.9. The molecule has 3 aromatic carbocycles. The van der Waals surface area contributed by atoms with Gasteiger partial charge in [0.2, 0.25) is 5.95 Å². The molecule has 7 aromatic rings. The van der Waals surface area contributed by atoms with Crippen LogP contribution in [0.1, 0.15) is 0 Å². The van der Waals surface area contributed by atoms with Gasteiger partial charge in [-0.05, 0) is 71.6 Å². The second-order valence-corrected chi connectivity index (χ2v) is 11.1. The fraction of sp³-hybridized carbons (Fsp3) is 0. The summed E-state index contributed by atoms with van der Waals surface area (Å²) in [6, 6.07) is 39.3. The molecule has 2 aliphatic rings. The van der Waals surface area contributed by atoms with E-state index in [0.29, 0.717) is 5.95 Å². The number of anilines is 9. The van der Waals surface area contributed by atoms with Gasteiger partial charge in [-0.3, -0.25) is 29.7 Å². The number of hydrogen-bond donors (Lipinski definition) is 0. The lowest BCUT2D eigenvalue weighted by molar-refractivity contribution is 1.04. The van der Waals surface area contributed by atoms with Crippen molar-refractivity contribution in [2.75, 3.05) is 14.7 Å². The molecule has 0 unspecified atom stereocenters. The molecular weight excluding hydrogens is 567 g/mol. The highest BCUT2D eigenvalue weighted by Gasteiger charge is 2.45. The van der Waals surface area contributed by atoms with Crippen molar-refractivity contribution in [1.29, 1.82) is 0 Å². The first kappa shape index (κ1) is 26.1. The fourth-order valence-corrected chi connectivity index (χ4v) is 6.65. The van der Waals surface area contributed by atoms with Crippen molar-refractivity contribution < 1.29 is 0 Å². The molecule has 0 N–H and O–H groups in total. The summed E-state index contributed by atoms with van der Waals surface area (Å²) in [7, 11) is 0. The van der Waals surface area contributed by atoms with Gasteiger partial charge in [0.25, 0.3) is 6.71 Å². The molecule has 2 aliphatic heterocycles. The van der Waals surface area contributed by atoms with E-state index in [9.17, 15) is 0 Å². The van der Waals surface area contributed by atoms with E-state index in [1.807, 2.05) is 61.1 Å². The van der Waals surface area contributed by atoms with Crippen LogP contribution in [0.4, 0.5) is 51.7 Å². The van der Waals surface area contributed by atoms with Gasteiger partial charge in [-0.25, -0.2) is 0 Å². The molecule has 0 saturated heterocycles. The van der Waals surface area contributed by atoms with Crippen LogP contribution in [-0.2, 0) is 0 Å². The zero-order valence-corrected chi connectivity index (χ0v) is 24.6. The molecule has 46 heavy (non-hydrogen) atoms. The van der Waals surface area contributed by atoms with E-state index in [1.54, 1.807) is 18.6 Å². The molecule has 0 amide bonds. The number of nitrogens with zero attached hydrogens (tertiary/aromatic N) is 8. The smallest absolute Gasteiger partial charge is 0.256 e. The lowest BCUT2D eigenvalue weighted by Gasteiger charge is -2.42. The van der Waals surface area contributed by atoms with E-state index in [0.717, 1.165) is 51.2 Å². The van der Waals surface area contributed by atoms with Crippen molar-refractivity contribution in [3.8, 4) is 0 Å². The maximum Gasteiger partial charge on any atom is 0.256 e. The van der Waals surface area contributed by atoms with Crippen molar-refractivity contribution in [2.24, 2.45) is 0 Å². The summed E-state index contributed by atoms with van der Waals surface area (Å²) in [6.07, 6.45) is 11.0. The Bertz CT molecular complexity index is 2030. The maximum absolute atomic E-state index is 5.46. The van der Waals surface area contributed by atoms with Crippen LogP contribution >= 0.6 is 0 Å². The summed E-state index contributed by atoms with van der Waals surface area (Å²) < 4.78 is 0. The van der Waals surface area contributed by atoms with Crippen LogP contribution in [0.2, 0.25) is 0 Å². The Morgan fingerprint density at radius 3 is 1.50 bits per heavy atom. The summed E-state index contributed by atoms with van der Waals surface area (Å²) >= 11 is 0. The summed E-state index contributed by atoms with van der Waals surface area (Å²) in [5, 5.41) is 0. The maximum atomic E-state index is 5.46.